The zero-order valence-corrected chi connectivity index (χ0v) is 15.2. The van der Waals surface area contributed by atoms with Gasteiger partial charge in [-0.1, -0.05) is 49.1 Å². The van der Waals surface area contributed by atoms with Gasteiger partial charge >= 0.3 is 0 Å². The third kappa shape index (κ3) is 3.25. The first kappa shape index (κ1) is 17.5. The molecule has 1 fully saturated rings. The molecule has 25 heavy (non-hydrogen) atoms. The van der Waals surface area contributed by atoms with E-state index in [4.69, 9.17) is 5.73 Å². The maximum atomic E-state index is 9.89. The smallest absolute Gasteiger partial charge is 0.116 e. The Bertz CT molecular complexity index is 817. The molecule has 1 spiro atoms. The Morgan fingerprint density at radius 1 is 1.16 bits per heavy atom. The number of dihydropyridines is 1. The van der Waals surface area contributed by atoms with Crippen LogP contribution in [0.2, 0.25) is 0 Å². The minimum absolute atomic E-state index is 0.412. The third-order valence-electron chi connectivity index (χ3n) is 5.10. The first-order chi connectivity index (χ1) is 12.1. The SMILES string of the molecule is Cc1cccc(CSC2=C(C#N)C3(CCCCC3)C(C#N)=C(N)N2)c1. The zero-order chi connectivity index (χ0) is 17.9. The second kappa shape index (κ2) is 7.25. The molecule has 0 aromatic heterocycles. The lowest BCUT2D eigenvalue weighted by molar-refractivity contribution is 0.294. The molecular formula is C20H22N4S. The lowest BCUT2D eigenvalue weighted by atomic mass is 9.64. The van der Waals surface area contributed by atoms with Gasteiger partial charge in [-0.3, -0.25) is 0 Å². The molecule has 1 aliphatic heterocycles. The highest BCUT2D eigenvalue weighted by Crippen LogP contribution is 2.52. The average molecular weight is 350 g/mol. The fourth-order valence-corrected chi connectivity index (χ4v) is 4.95. The molecule has 128 valence electrons. The van der Waals surface area contributed by atoms with Crippen molar-refractivity contribution in [3.63, 3.8) is 0 Å². The fourth-order valence-electron chi connectivity index (χ4n) is 3.89. The maximum Gasteiger partial charge on any atom is 0.116 e. The van der Waals surface area contributed by atoms with Gasteiger partial charge in [-0.05, 0) is 25.3 Å². The molecule has 1 aromatic rings. The molecule has 0 saturated heterocycles. The van der Waals surface area contributed by atoms with Crippen LogP contribution in [0.4, 0.5) is 0 Å². The van der Waals surface area contributed by atoms with Crippen LogP contribution in [0.1, 0.15) is 43.2 Å². The fraction of sp³-hybridized carbons (Fsp3) is 0.400. The van der Waals surface area contributed by atoms with E-state index in [1.165, 1.54) is 11.1 Å². The first-order valence-corrected chi connectivity index (χ1v) is 9.60. The van der Waals surface area contributed by atoms with Gasteiger partial charge in [0.05, 0.1) is 28.3 Å². The van der Waals surface area contributed by atoms with E-state index >= 15 is 0 Å². The largest absolute Gasteiger partial charge is 0.384 e. The summed E-state index contributed by atoms with van der Waals surface area (Å²) >= 11 is 1.60. The predicted molar refractivity (Wildman–Crippen MR) is 101 cm³/mol. The minimum atomic E-state index is -0.494. The van der Waals surface area contributed by atoms with Crippen molar-refractivity contribution in [3.8, 4) is 12.1 Å². The molecule has 0 radical (unpaired) electrons. The van der Waals surface area contributed by atoms with Gasteiger partial charge in [0.2, 0.25) is 0 Å². The van der Waals surface area contributed by atoms with E-state index in [9.17, 15) is 10.5 Å². The number of aryl methyl sites for hydroxylation is 1. The maximum absolute atomic E-state index is 9.89. The summed E-state index contributed by atoms with van der Waals surface area (Å²) in [4.78, 5) is 0. The number of nitrogens with zero attached hydrogens (tertiary/aromatic N) is 2. The Morgan fingerprint density at radius 2 is 1.88 bits per heavy atom. The highest BCUT2D eigenvalue weighted by atomic mass is 32.2. The summed E-state index contributed by atoms with van der Waals surface area (Å²) in [5.74, 6) is 1.18. The number of nitrogens with two attached hydrogens (primary N) is 1. The average Bonchev–Trinajstić information content (AvgIpc) is 2.61. The number of hydrogen-bond donors (Lipinski definition) is 2. The summed E-state index contributed by atoms with van der Waals surface area (Å²) in [6, 6.07) is 13.0. The van der Waals surface area contributed by atoms with Crippen LogP contribution in [0.5, 0.6) is 0 Å². The van der Waals surface area contributed by atoms with Gasteiger partial charge in [-0.15, -0.1) is 11.8 Å². The Kier molecular flexibility index (Phi) is 5.06. The quantitative estimate of drug-likeness (QED) is 0.853. The third-order valence-corrected chi connectivity index (χ3v) is 6.17. The van der Waals surface area contributed by atoms with E-state index < -0.39 is 5.41 Å². The van der Waals surface area contributed by atoms with Gasteiger partial charge in [0.15, 0.2) is 0 Å². The number of nitriles is 2. The molecular weight excluding hydrogens is 328 g/mol. The normalized spacial score (nSPS) is 19.3. The van der Waals surface area contributed by atoms with Crippen molar-refractivity contribution in [2.45, 2.75) is 44.8 Å². The topological polar surface area (TPSA) is 85.6 Å². The molecule has 1 heterocycles. The Hall–Kier alpha value is -2.37. The van der Waals surface area contributed by atoms with Crippen molar-refractivity contribution >= 4 is 11.8 Å². The highest BCUT2D eigenvalue weighted by molar-refractivity contribution is 8.02. The van der Waals surface area contributed by atoms with Crippen molar-refractivity contribution in [3.05, 3.63) is 57.4 Å². The summed E-state index contributed by atoms with van der Waals surface area (Å²) in [7, 11) is 0. The minimum Gasteiger partial charge on any atom is -0.384 e. The molecule has 1 saturated carbocycles. The predicted octanol–water partition coefficient (Wildman–Crippen LogP) is 4.21. The molecule has 0 amide bonds. The van der Waals surface area contributed by atoms with Crippen molar-refractivity contribution in [2.75, 3.05) is 0 Å². The van der Waals surface area contributed by atoms with Crippen molar-refractivity contribution < 1.29 is 0 Å². The van der Waals surface area contributed by atoms with Crippen molar-refractivity contribution in [1.29, 1.82) is 10.5 Å². The zero-order valence-electron chi connectivity index (χ0n) is 14.4. The van der Waals surface area contributed by atoms with Crippen LogP contribution < -0.4 is 11.1 Å². The van der Waals surface area contributed by atoms with Gasteiger partial charge in [0.25, 0.3) is 0 Å². The lowest BCUT2D eigenvalue weighted by Crippen LogP contribution is -2.39. The van der Waals surface area contributed by atoms with Crippen LogP contribution in [-0.2, 0) is 5.75 Å². The van der Waals surface area contributed by atoms with E-state index in [1.807, 2.05) is 6.07 Å². The Labute approximate surface area is 153 Å². The van der Waals surface area contributed by atoms with Gasteiger partial charge in [0, 0.05) is 11.2 Å². The van der Waals surface area contributed by atoms with Gasteiger partial charge < -0.3 is 11.1 Å². The van der Waals surface area contributed by atoms with Crippen LogP contribution in [0, 0.1) is 35.0 Å². The second-order valence-electron chi connectivity index (χ2n) is 6.76. The monoisotopic (exact) mass is 350 g/mol. The van der Waals surface area contributed by atoms with Gasteiger partial charge in [-0.25, -0.2) is 0 Å². The standard InChI is InChI=1S/C20H22N4S/c1-14-6-5-7-15(10-14)13-25-19-17(12-22)20(8-3-2-4-9-20)16(11-21)18(23)24-19/h5-7,10,24H,2-4,8-9,13,23H2,1H3. The molecule has 0 atom stereocenters. The van der Waals surface area contributed by atoms with E-state index in [2.05, 4.69) is 42.6 Å². The van der Waals surface area contributed by atoms with Gasteiger partial charge in [-0.2, -0.15) is 10.5 Å². The summed E-state index contributed by atoms with van der Waals surface area (Å²) in [6.07, 6.45) is 4.86. The van der Waals surface area contributed by atoms with Crippen molar-refractivity contribution in [2.24, 2.45) is 11.1 Å². The lowest BCUT2D eigenvalue weighted by Gasteiger charge is -2.40. The molecule has 3 rings (SSSR count). The van der Waals surface area contributed by atoms with E-state index in [0.29, 0.717) is 17.0 Å². The first-order valence-electron chi connectivity index (χ1n) is 8.61. The molecule has 3 N–H and O–H groups in total. The summed E-state index contributed by atoms with van der Waals surface area (Å²) in [5, 5.41) is 23.5. The molecule has 2 aliphatic rings. The molecule has 1 aliphatic carbocycles. The highest BCUT2D eigenvalue weighted by Gasteiger charge is 2.45. The number of benzene rings is 1. The molecule has 0 unspecified atom stereocenters. The number of rotatable bonds is 3. The van der Waals surface area contributed by atoms with Gasteiger partial charge in [0.1, 0.15) is 5.82 Å². The second-order valence-corrected chi connectivity index (χ2v) is 7.75. The van der Waals surface area contributed by atoms with Crippen LogP contribution in [0.25, 0.3) is 0 Å². The van der Waals surface area contributed by atoms with Crippen LogP contribution >= 0.6 is 11.8 Å². The Balaban J connectivity index is 1.94. The molecule has 1 aromatic carbocycles. The molecule has 0 bridgehead atoms. The molecule has 5 heteroatoms. The Morgan fingerprint density at radius 3 is 2.52 bits per heavy atom. The van der Waals surface area contributed by atoms with Crippen molar-refractivity contribution in [1.82, 2.24) is 5.32 Å². The van der Waals surface area contributed by atoms with Crippen LogP contribution in [0.3, 0.4) is 0 Å². The van der Waals surface area contributed by atoms with E-state index in [1.54, 1.807) is 11.8 Å². The summed E-state index contributed by atoms with van der Waals surface area (Å²) in [5.41, 5.74) is 9.36. The summed E-state index contributed by atoms with van der Waals surface area (Å²) in [6.45, 7) is 2.07. The number of thioether (sulfide) groups is 1. The molecule has 4 nitrogen and oxygen atoms in total. The van der Waals surface area contributed by atoms with Crippen LogP contribution in [-0.4, -0.2) is 0 Å². The van der Waals surface area contributed by atoms with E-state index in [0.717, 1.165) is 42.9 Å². The number of nitrogens with one attached hydrogen (secondary N) is 1. The van der Waals surface area contributed by atoms with E-state index in [-0.39, 0.29) is 0 Å². The number of hydrogen-bond acceptors (Lipinski definition) is 5. The van der Waals surface area contributed by atoms with Crippen LogP contribution in [0.15, 0.2) is 46.3 Å². The summed E-state index contributed by atoms with van der Waals surface area (Å²) < 4.78 is 0. The number of allylic oxidation sites excluding steroid dienone is 2.